The number of hydrogen-bond donors (Lipinski definition) is 0. The number of alkyl halides is 1. The second kappa shape index (κ2) is 6.64. The van der Waals surface area contributed by atoms with E-state index in [1.807, 2.05) is 18.2 Å². The first-order valence-electron chi connectivity index (χ1n) is 4.51. The predicted molar refractivity (Wildman–Crippen MR) is 62.5 cm³/mol. The van der Waals surface area contributed by atoms with Crippen molar-refractivity contribution >= 4 is 15.9 Å². The number of halogens is 1. The molecule has 0 amide bonds. The average Bonchev–Trinajstić information content (AvgIpc) is 2.25. The van der Waals surface area contributed by atoms with Crippen molar-refractivity contribution in [1.82, 2.24) is 0 Å². The van der Waals surface area contributed by atoms with E-state index in [1.165, 1.54) is 5.56 Å². The Kier molecular flexibility index (Phi) is 5.36. The van der Waals surface area contributed by atoms with E-state index in [0.29, 0.717) is 6.61 Å². The van der Waals surface area contributed by atoms with Crippen LogP contribution in [0.2, 0.25) is 0 Å². The van der Waals surface area contributed by atoms with E-state index in [1.54, 1.807) is 0 Å². The van der Waals surface area contributed by atoms with E-state index in [-0.39, 0.29) is 6.10 Å². The van der Waals surface area contributed by atoms with Gasteiger partial charge in [-0.2, -0.15) is 0 Å². The first-order chi connectivity index (χ1) is 6.86. The van der Waals surface area contributed by atoms with Gasteiger partial charge in [0, 0.05) is 5.33 Å². The highest BCUT2D eigenvalue weighted by molar-refractivity contribution is 9.09. The zero-order valence-electron chi connectivity index (χ0n) is 7.95. The van der Waals surface area contributed by atoms with Gasteiger partial charge >= 0.3 is 0 Å². The summed E-state index contributed by atoms with van der Waals surface area (Å²) < 4.78 is 5.46. The van der Waals surface area contributed by atoms with E-state index < -0.39 is 0 Å². The van der Waals surface area contributed by atoms with E-state index in [4.69, 9.17) is 11.2 Å². The smallest absolute Gasteiger partial charge is 0.107 e. The Morgan fingerprint density at radius 3 is 2.64 bits per heavy atom. The Morgan fingerprint density at radius 1 is 1.36 bits per heavy atom. The number of hydrogen-bond acceptors (Lipinski definition) is 1. The van der Waals surface area contributed by atoms with E-state index in [0.717, 1.165) is 11.8 Å². The minimum Gasteiger partial charge on any atom is -0.364 e. The maximum atomic E-state index is 5.46. The van der Waals surface area contributed by atoms with Gasteiger partial charge in [-0.05, 0) is 12.0 Å². The molecular weight excluding hydrogens is 240 g/mol. The standard InChI is InChI=1S/C12H13BrO/c1-2-8-14-12(10-13)9-11-6-4-3-5-7-11/h1,3-7,12H,8-10H2. The zero-order chi connectivity index (χ0) is 10.2. The van der Waals surface area contributed by atoms with Crippen LogP contribution in [0.15, 0.2) is 30.3 Å². The third kappa shape index (κ3) is 3.95. The summed E-state index contributed by atoms with van der Waals surface area (Å²) in [5, 5.41) is 0.809. The molecule has 0 spiro atoms. The number of ether oxygens (including phenoxy) is 1. The molecule has 0 N–H and O–H groups in total. The van der Waals surface area contributed by atoms with Gasteiger partial charge < -0.3 is 4.74 Å². The van der Waals surface area contributed by atoms with Gasteiger partial charge in [-0.1, -0.05) is 52.2 Å². The second-order valence-electron chi connectivity index (χ2n) is 2.98. The summed E-state index contributed by atoms with van der Waals surface area (Å²) >= 11 is 3.41. The fourth-order valence-electron chi connectivity index (χ4n) is 1.20. The van der Waals surface area contributed by atoms with Crippen molar-refractivity contribution in [3.05, 3.63) is 35.9 Å². The Balaban J connectivity index is 2.45. The van der Waals surface area contributed by atoms with Crippen molar-refractivity contribution in [2.75, 3.05) is 11.9 Å². The molecule has 0 saturated heterocycles. The molecule has 14 heavy (non-hydrogen) atoms. The van der Waals surface area contributed by atoms with Gasteiger partial charge in [0.2, 0.25) is 0 Å². The lowest BCUT2D eigenvalue weighted by molar-refractivity contribution is 0.0971. The molecule has 1 aromatic rings. The molecule has 0 bridgehead atoms. The normalized spacial score (nSPS) is 12.0. The largest absolute Gasteiger partial charge is 0.364 e. The first-order valence-corrected chi connectivity index (χ1v) is 5.64. The molecule has 0 aromatic heterocycles. The summed E-state index contributed by atoms with van der Waals surface area (Å²) in [5.74, 6) is 2.48. The van der Waals surface area contributed by atoms with Gasteiger partial charge in [-0.15, -0.1) is 6.42 Å². The van der Waals surface area contributed by atoms with Crippen molar-refractivity contribution in [1.29, 1.82) is 0 Å². The molecule has 1 rings (SSSR count). The molecule has 0 saturated carbocycles. The van der Waals surface area contributed by atoms with Crippen LogP contribution in [0.1, 0.15) is 5.56 Å². The van der Waals surface area contributed by atoms with Crippen LogP contribution in [0.4, 0.5) is 0 Å². The molecule has 1 atom stereocenters. The van der Waals surface area contributed by atoms with Crippen LogP contribution in [0, 0.1) is 12.3 Å². The first kappa shape index (κ1) is 11.3. The van der Waals surface area contributed by atoms with Crippen LogP contribution in [0.3, 0.4) is 0 Å². The molecule has 0 aliphatic rings. The van der Waals surface area contributed by atoms with Gasteiger partial charge in [-0.25, -0.2) is 0 Å². The van der Waals surface area contributed by atoms with Crippen LogP contribution in [0.5, 0.6) is 0 Å². The Morgan fingerprint density at radius 2 is 2.07 bits per heavy atom. The number of terminal acetylenes is 1. The van der Waals surface area contributed by atoms with Gasteiger partial charge in [0.05, 0.1) is 6.10 Å². The summed E-state index contributed by atoms with van der Waals surface area (Å²) in [6.45, 7) is 0.378. The van der Waals surface area contributed by atoms with Crippen LogP contribution in [0.25, 0.3) is 0 Å². The third-order valence-electron chi connectivity index (χ3n) is 1.88. The van der Waals surface area contributed by atoms with Gasteiger partial charge in [-0.3, -0.25) is 0 Å². The Labute approximate surface area is 93.6 Å². The highest BCUT2D eigenvalue weighted by Gasteiger charge is 2.07. The highest BCUT2D eigenvalue weighted by atomic mass is 79.9. The summed E-state index contributed by atoms with van der Waals surface area (Å²) in [4.78, 5) is 0. The Bertz CT molecular complexity index is 289. The van der Waals surface area contributed by atoms with Crippen LogP contribution in [-0.2, 0) is 11.2 Å². The van der Waals surface area contributed by atoms with Gasteiger partial charge in [0.25, 0.3) is 0 Å². The summed E-state index contributed by atoms with van der Waals surface area (Å²) in [6.07, 6.45) is 6.19. The van der Waals surface area contributed by atoms with Gasteiger partial charge in [0.1, 0.15) is 6.61 Å². The molecule has 0 radical (unpaired) electrons. The molecule has 1 aromatic carbocycles. The summed E-state index contributed by atoms with van der Waals surface area (Å²) in [7, 11) is 0. The van der Waals surface area contributed by atoms with Gasteiger partial charge in [0.15, 0.2) is 0 Å². The molecule has 1 nitrogen and oxygen atoms in total. The number of benzene rings is 1. The lowest BCUT2D eigenvalue weighted by Gasteiger charge is -2.13. The Hall–Kier alpha value is -0.780. The summed E-state index contributed by atoms with van der Waals surface area (Å²) in [5.41, 5.74) is 1.27. The maximum Gasteiger partial charge on any atom is 0.107 e. The fraction of sp³-hybridized carbons (Fsp3) is 0.333. The monoisotopic (exact) mass is 252 g/mol. The number of rotatable bonds is 5. The second-order valence-corrected chi connectivity index (χ2v) is 3.63. The minimum atomic E-state index is 0.161. The van der Waals surface area contributed by atoms with E-state index in [2.05, 4.69) is 34.0 Å². The molecule has 0 heterocycles. The predicted octanol–water partition coefficient (Wildman–Crippen LogP) is 2.64. The molecule has 0 aliphatic heterocycles. The van der Waals surface area contributed by atoms with E-state index in [9.17, 15) is 0 Å². The quantitative estimate of drug-likeness (QED) is 0.579. The zero-order valence-corrected chi connectivity index (χ0v) is 9.53. The highest BCUT2D eigenvalue weighted by Crippen LogP contribution is 2.07. The van der Waals surface area contributed by atoms with Crippen molar-refractivity contribution in [3.63, 3.8) is 0 Å². The molecule has 0 aliphatic carbocycles. The van der Waals surface area contributed by atoms with Crippen molar-refractivity contribution in [3.8, 4) is 12.3 Å². The minimum absolute atomic E-state index is 0.161. The van der Waals surface area contributed by atoms with E-state index >= 15 is 0 Å². The molecule has 0 fully saturated rings. The third-order valence-corrected chi connectivity index (χ3v) is 2.60. The van der Waals surface area contributed by atoms with Crippen LogP contribution < -0.4 is 0 Å². The van der Waals surface area contributed by atoms with Crippen molar-refractivity contribution < 1.29 is 4.74 Å². The van der Waals surface area contributed by atoms with Crippen LogP contribution in [-0.4, -0.2) is 18.0 Å². The lowest BCUT2D eigenvalue weighted by atomic mass is 10.1. The summed E-state index contributed by atoms with van der Waals surface area (Å²) in [6, 6.07) is 10.3. The van der Waals surface area contributed by atoms with Crippen molar-refractivity contribution in [2.45, 2.75) is 12.5 Å². The molecule has 2 heteroatoms. The molecule has 1 unspecified atom stereocenters. The van der Waals surface area contributed by atoms with Crippen molar-refractivity contribution in [2.24, 2.45) is 0 Å². The fourth-order valence-corrected chi connectivity index (χ4v) is 1.62. The topological polar surface area (TPSA) is 9.23 Å². The molecule has 74 valence electrons. The maximum absolute atomic E-state index is 5.46. The SMILES string of the molecule is C#CCOC(CBr)Cc1ccccc1. The molecular formula is C12H13BrO. The lowest BCUT2D eigenvalue weighted by Crippen LogP contribution is -2.17. The average molecular weight is 253 g/mol. The van der Waals surface area contributed by atoms with Crippen LogP contribution >= 0.6 is 15.9 Å².